The van der Waals surface area contributed by atoms with Crippen LogP contribution < -0.4 is 10.6 Å². The van der Waals surface area contributed by atoms with Crippen molar-refractivity contribution in [3.63, 3.8) is 0 Å². The molecule has 0 bridgehead atoms. The highest BCUT2D eigenvalue weighted by Gasteiger charge is 2.54. The number of hydrogen-bond donors (Lipinski definition) is 2. The molecule has 4 atom stereocenters. The molecule has 1 aliphatic heterocycles. The molecule has 2 amide bonds. The lowest BCUT2D eigenvalue weighted by Gasteiger charge is -2.47. The number of amides is 2. The first-order chi connectivity index (χ1) is 11.1. The Hall–Kier alpha value is -1.92. The van der Waals surface area contributed by atoms with E-state index >= 15 is 0 Å². The van der Waals surface area contributed by atoms with E-state index in [0.717, 1.165) is 13.0 Å². The zero-order chi connectivity index (χ0) is 16.4. The van der Waals surface area contributed by atoms with Crippen molar-refractivity contribution < 1.29 is 19.1 Å². The summed E-state index contributed by atoms with van der Waals surface area (Å²) in [6.45, 7) is 2.85. The average Bonchev–Trinajstić information content (AvgIpc) is 2.95. The molecule has 2 N–H and O–H groups in total. The summed E-state index contributed by atoms with van der Waals surface area (Å²) in [4.78, 5) is 23.5. The molecule has 1 aromatic carbocycles. The number of ether oxygens (including phenoxy) is 2. The molecule has 0 radical (unpaired) electrons. The van der Waals surface area contributed by atoms with E-state index in [1.165, 1.54) is 6.92 Å². The molecule has 1 saturated heterocycles. The van der Waals surface area contributed by atoms with Crippen molar-refractivity contribution >= 4 is 17.5 Å². The van der Waals surface area contributed by atoms with Gasteiger partial charge in [-0.3, -0.25) is 4.79 Å². The number of rotatable bonds is 5. The Balaban J connectivity index is 1.57. The van der Waals surface area contributed by atoms with Gasteiger partial charge in [-0.1, -0.05) is 0 Å². The van der Waals surface area contributed by atoms with Gasteiger partial charge in [-0.05, 0) is 37.6 Å². The molecule has 2 aliphatic rings. The van der Waals surface area contributed by atoms with E-state index in [2.05, 4.69) is 10.6 Å². The standard InChI is InChI=1S/C17H22N2O4/c1-10(20)11-3-5-12(6-4-11)18-17(21)19-15-13-7-8-23-16(13)14(15)9-22-2/h3-6,13-16H,7-9H2,1-2H3,(H2,18,19,21)/t13-,14+,15+,16-/m0/s1. The van der Waals surface area contributed by atoms with Crippen LogP contribution in [0.4, 0.5) is 10.5 Å². The number of Topliss-reactive ketones (excluding diaryl/α,β-unsaturated/α-hetero) is 1. The highest BCUT2D eigenvalue weighted by atomic mass is 16.5. The maximum absolute atomic E-state index is 12.2. The second kappa shape index (κ2) is 6.68. The van der Waals surface area contributed by atoms with Crippen molar-refractivity contribution in [3.05, 3.63) is 29.8 Å². The van der Waals surface area contributed by atoms with Crippen molar-refractivity contribution in [2.45, 2.75) is 25.5 Å². The Kier molecular flexibility index (Phi) is 4.63. The van der Waals surface area contributed by atoms with Crippen molar-refractivity contribution in [2.75, 3.05) is 25.6 Å². The molecule has 23 heavy (non-hydrogen) atoms. The highest BCUT2D eigenvalue weighted by molar-refractivity contribution is 5.95. The Morgan fingerprint density at radius 2 is 2.04 bits per heavy atom. The van der Waals surface area contributed by atoms with Crippen LogP contribution >= 0.6 is 0 Å². The largest absolute Gasteiger partial charge is 0.384 e. The maximum Gasteiger partial charge on any atom is 0.319 e. The van der Waals surface area contributed by atoms with E-state index in [4.69, 9.17) is 9.47 Å². The summed E-state index contributed by atoms with van der Waals surface area (Å²) in [5.74, 6) is 0.587. The molecular weight excluding hydrogens is 296 g/mol. The van der Waals surface area contributed by atoms with Crippen LogP contribution in [0.15, 0.2) is 24.3 Å². The molecule has 6 heteroatoms. The maximum atomic E-state index is 12.2. The zero-order valence-corrected chi connectivity index (χ0v) is 13.4. The number of carbonyl (C=O) groups excluding carboxylic acids is 2. The third-order valence-corrected chi connectivity index (χ3v) is 4.73. The van der Waals surface area contributed by atoms with Crippen LogP contribution in [0.25, 0.3) is 0 Å². The van der Waals surface area contributed by atoms with Crippen molar-refractivity contribution in [1.82, 2.24) is 5.32 Å². The molecule has 124 valence electrons. The van der Waals surface area contributed by atoms with Crippen LogP contribution in [0.2, 0.25) is 0 Å². The molecule has 6 nitrogen and oxygen atoms in total. The molecule has 1 heterocycles. The number of hydrogen-bond acceptors (Lipinski definition) is 4. The van der Waals surface area contributed by atoms with E-state index in [1.54, 1.807) is 31.4 Å². The lowest BCUT2D eigenvalue weighted by molar-refractivity contribution is -0.0798. The van der Waals surface area contributed by atoms with Gasteiger partial charge >= 0.3 is 6.03 Å². The third kappa shape index (κ3) is 3.23. The molecule has 0 spiro atoms. The van der Waals surface area contributed by atoms with Crippen LogP contribution in [0.3, 0.4) is 0 Å². The lowest BCUT2D eigenvalue weighted by Crippen LogP contribution is -2.63. The summed E-state index contributed by atoms with van der Waals surface area (Å²) in [5.41, 5.74) is 1.29. The van der Waals surface area contributed by atoms with Crippen LogP contribution in [0.1, 0.15) is 23.7 Å². The SMILES string of the molecule is COC[C@@H]1[C@H](NC(=O)Nc2ccc(C(C)=O)cc2)[C@@H]2CCO[C@H]12. The Morgan fingerprint density at radius 3 is 2.70 bits per heavy atom. The Bertz CT molecular complexity index is 587. The fourth-order valence-corrected chi connectivity index (χ4v) is 3.54. The van der Waals surface area contributed by atoms with E-state index in [0.29, 0.717) is 23.8 Å². The van der Waals surface area contributed by atoms with Gasteiger partial charge < -0.3 is 20.1 Å². The fraction of sp³-hybridized carbons (Fsp3) is 0.529. The van der Waals surface area contributed by atoms with E-state index in [9.17, 15) is 9.59 Å². The zero-order valence-electron chi connectivity index (χ0n) is 13.4. The Labute approximate surface area is 135 Å². The predicted octanol–water partition coefficient (Wildman–Crippen LogP) is 2.06. The predicted molar refractivity (Wildman–Crippen MR) is 85.6 cm³/mol. The molecule has 2 fully saturated rings. The van der Waals surface area contributed by atoms with Crippen LogP contribution in [-0.2, 0) is 9.47 Å². The lowest BCUT2D eigenvalue weighted by atomic mass is 9.67. The summed E-state index contributed by atoms with van der Waals surface area (Å²) < 4.78 is 10.9. The Morgan fingerprint density at radius 1 is 1.30 bits per heavy atom. The van der Waals surface area contributed by atoms with Crippen LogP contribution in [0, 0.1) is 11.8 Å². The molecular formula is C17H22N2O4. The summed E-state index contributed by atoms with van der Waals surface area (Å²) in [7, 11) is 1.66. The average molecular weight is 318 g/mol. The first-order valence-corrected chi connectivity index (χ1v) is 7.89. The first-order valence-electron chi connectivity index (χ1n) is 7.89. The fourth-order valence-electron chi connectivity index (χ4n) is 3.54. The number of nitrogens with one attached hydrogen (secondary N) is 2. The van der Waals surface area contributed by atoms with Crippen LogP contribution in [-0.4, -0.2) is 44.3 Å². The minimum absolute atomic E-state index is 0.00477. The molecule has 1 aliphatic carbocycles. The highest BCUT2D eigenvalue weighted by Crippen LogP contribution is 2.43. The van der Waals surface area contributed by atoms with Gasteiger partial charge in [0.2, 0.25) is 0 Å². The van der Waals surface area contributed by atoms with Gasteiger partial charge in [0.1, 0.15) is 0 Å². The summed E-state index contributed by atoms with van der Waals surface area (Å²) in [5, 5.41) is 5.84. The number of carbonyl (C=O) groups is 2. The van der Waals surface area contributed by atoms with Crippen molar-refractivity contribution in [3.8, 4) is 0 Å². The minimum Gasteiger partial charge on any atom is -0.384 e. The number of methoxy groups -OCH3 is 1. The van der Waals surface area contributed by atoms with E-state index in [-0.39, 0.29) is 29.9 Å². The van der Waals surface area contributed by atoms with E-state index in [1.807, 2.05) is 0 Å². The van der Waals surface area contributed by atoms with Gasteiger partial charge in [0.15, 0.2) is 5.78 Å². The number of anilines is 1. The smallest absolute Gasteiger partial charge is 0.319 e. The summed E-state index contributed by atoms with van der Waals surface area (Å²) >= 11 is 0. The molecule has 1 saturated carbocycles. The van der Waals surface area contributed by atoms with Gasteiger partial charge in [-0.15, -0.1) is 0 Å². The second-order valence-electron chi connectivity index (χ2n) is 6.16. The van der Waals surface area contributed by atoms with Gasteiger partial charge in [0, 0.05) is 42.8 Å². The molecule has 0 aromatic heterocycles. The minimum atomic E-state index is -0.239. The van der Waals surface area contributed by atoms with Gasteiger partial charge in [-0.25, -0.2) is 4.79 Å². The molecule has 3 rings (SSSR count). The normalized spacial score (nSPS) is 28.6. The molecule has 0 unspecified atom stereocenters. The molecule has 1 aromatic rings. The van der Waals surface area contributed by atoms with E-state index < -0.39 is 0 Å². The van der Waals surface area contributed by atoms with Crippen molar-refractivity contribution in [2.24, 2.45) is 11.8 Å². The summed E-state index contributed by atoms with van der Waals surface area (Å²) in [6, 6.07) is 6.71. The second-order valence-corrected chi connectivity index (χ2v) is 6.16. The van der Waals surface area contributed by atoms with Crippen LogP contribution in [0.5, 0.6) is 0 Å². The quantitative estimate of drug-likeness (QED) is 0.815. The van der Waals surface area contributed by atoms with Crippen molar-refractivity contribution in [1.29, 1.82) is 0 Å². The third-order valence-electron chi connectivity index (χ3n) is 4.73. The van der Waals surface area contributed by atoms with Gasteiger partial charge in [0.05, 0.1) is 12.7 Å². The topological polar surface area (TPSA) is 76.7 Å². The number of fused-ring (bicyclic) bond motifs is 1. The monoisotopic (exact) mass is 318 g/mol. The number of ketones is 1. The van der Waals surface area contributed by atoms with Gasteiger partial charge in [-0.2, -0.15) is 0 Å². The first kappa shape index (κ1) is 16.0. The van der Waals surface area contributed by atoms with Gasteiger partial charge in [0.25, 0.3) is 0 Å². The number of urea groups is 1. The number of benzene rings is 1. The summed E-state index contributed by atoms with van der Waals surface area (Å²) in [6.07, 6.45) is 1.18.